The fourth-order valence-electron chi connectivity index (χ4n) is 4.87. The molecule has 0 aromatic heterocycles. The van der Waals surface area contributed by atoms with Gasteiger partial charge in [-0.1, -0.05) is 113 Å². The van der Waals surface area contributed by atoms with Crippen molar-refractivity contribution < 1.29 is 18.0 Å². The molecule has 0 saturated heterocycles. The van der Waals surface area contributed by atoms with E-state index >= 15 is 0 Å². The molecule has 1 N–H and O–H groups in total. The highest BCUT2D eigenvalue weighted by Crippen LogP contribution is 2.36. The summed E-state index contributed by atoms with van der Waals surface area (Å²) in [6.07, 6.45) is 0.833. The van der Waals surface area contributed by atoms with Gasteiger partial charge in [0.1, 0.15) is 12.6 Å². The third-order valence-corrected chi connectivity index (χ3v) is 11.0. The van der Waals surface area contributed by atoms with Crippen LogP contribution in [0, 0.1) is 6.92 Å². The molecule has 47 heavy (non-hydrogen) atoms. The van der Waals surface area contributed by atoms with Gasteiger partial charge in [0.15, 0.2) is 0 Å². The molecule has 0 heterocycles. The average molecular weight is 736 g/mol. The topological polar surface area (TPSA) is 86.8 Å². The van der Waals surface area contributed by atoms with Crippen LogP contribution in [0.4, 0.5) is 5.69 Å². The van der Waals surface area contributed by atoms with Gasteiger partial charge in [0, 0.05) is 19.0 Å². The van der Waals surface area contributed by atoms with Gasteiger partial charge in [-0.15, -0.1) is 0 Å². The summed E-state index contributed by atoms with van der Waals surface area (Å²) in [5.41, 5.74) is 2.28. The molecular formula is C35H35Cl4N3O4S. The van der Waals surface area contributed by atoms with Gasteiger partial charge >= 0.3 is 0 Å². The second kappa shape index (κ2) is 16.2. The summed E-state index contributed by atoms with van der Waals surface area (Å²) < 4.78 is 29.4. The van der Waals surface area contributed by atoms with Crippen molar-refractivity contribution in [3.05, 3.63) is 128 Å². The lowest BCUT2D eigenvalue weighted by molar-refractivity contribution is -0.140. The number of carbonyl (C=O) groups excluding carboxylic acids is 2. The van der Waals surface area contributed by atoms with Crippen molar-refractivity contribution in [1.82, 2.24) is 10.2 Å². The van der Waals surface area contributed by atoms with Crippen LogP contribution in [-0.2, 0) is 32.6 Å². The summed E-state index contributed by atoms with van der Waals surface area (Å²) in [4.78, 5) is 29.9. The third-order valence-electron chi connectivity index (χ3n) is 7.70. The number of carbonyl (C=O) groups is 2. The summed E-state index contributed by atoms with van der Waals surface area (Å²) in [6.45, 7) is 4.91. The van der Waals surface area contributed by atoms with Crippen molar-refractivity contribution in [1.29, 1.82) is 0 Å². The van der Waals surface area contributed by atoms with Crippen LogP contribution in [0.25, 0.3) is 0 Å². The number of benzene rings is 4. The highest BCUT2D eigenvalue weighted by molar-refractivity contribution is 7.92. The van der Waals surface area contributed by atoms with E-state index in [9.17, 15) is 18.0 Å². The molecule has 248 valence electrons. The van der Waals surface area contributed by atoms with Gasteiger partial charge < -0.3 is 10.2 Å². The van der Waals surface area contributed by atoms with E-state index in [-0.39, 0.29) is 50.6 Å². The lowest BCUT2D eigenvalue weighted by atomic mass is 10.0. The molecule has 0 bridgehead atoms. The second-order valence-corrected chi connectivity index (χ2v) is 14.7. The van der Waals surface area contributed by atoms with E-state index in [1.54, 1.807) is 36.4 Å². The molecule has 7 nitrogen and oxygen atoms in total. The molecule has 2 atom stereocenters. The maximum atomic E-state index is 14.6. The number of anilines is 1. The first-order valence-corrected chi connectivity index (χ1v) is 17.9. The SMILES string of the molecule is CCC(C)NC(=O)C(Cc1ccccc1)N(Cc1ccc(Cl)c(Cl)c1)C(=O)CN(c1cccc(Cl)c1Cl)S(=O)(=O)c1ccc(C)cc1. The predicted molar refractivity (Wildman–Crippen MR) is 191 cm³/mol. The Balaban J connectivity index is 1.85. The van der Waals surface area contributed by atoms with Crippen LogP contribution in [0.1, 0.15) is 37.0 Å². The Morgan fingerprint density at radius 2 is 1.49 bits per heavy atom. The van der Waals surface area contributed by atoms with E-state index < -0.39 is 28.5 Å². The summed E-state index contributed by atoms with van der Waals surface area (Å²) in [5, 5.41) is 3.68. The molecule has 12 heteroatoms. The number of nitrogens with zero attached hydrogens (tertiary/aromatic N) is 2. The van der Waals surface area contributed by atoms with E-state index in [1.807, 2.05) is 51.1 Å². The van der Waals surface area contributed by atoms with Crippen molar-refractivity contribution in [2.45, 2.75) is 57.1 Å². The standard InChI is InChI=1S/C35H35Cl4N3O4S/c1-4-24(3)40-35(44)32(20-25-9-6-5-7-10-25)41(21-26-15-18-28(36)30(38)19-26)33(43)22-42(31-12-8-11-29(37)34(31)39)47(45,46)27-16-13-23(2)14-17-27/h5-19,24,32H,4,20-22H2,1-3H3,(H,40,44). The number of aryl methyl sites for hydroxylation is 1. The van der Waals surface area contributed by atoms with E-state index in [4.69, 9.17) is 46.4 Å². The average Bonchev–Trinajstić information content (AvgIpc) is 3.05. The molecule has 0 saturated carbocycles. The number of nitrogens with one attached hydrogen (secondary N) is 1. The van der Waals surface area contributed by atoms with Gasteiger partial charge in [0.2, 0.25) is 11.8 Å². The highest BCUT2D eigenvalue weighted by atomic mass is 35.5. The van der Waals surface area contributed by atoms with Crippen LogP contribution in [0.15, 0.2) is 95.9 Å². The molecule has 0 spiro atoms. The quantitative estimate of drug-likeness (QED) is 0.150. The van der Waals surface area contributed by atoms with Gasteiger partial charge in [-0.05, 0) is 67.8 Å². The molecular weight excluding hydrogens is 700 g/mol. The van der Waals surface area contributed by atoms with Crippen molar-refractivity contribution in [2.75, 3.05) is 10.8 Å². The third kappa shape index (κ3) is 9.21. The monoisotopic (exact) mass is 733 g/mol. The Kier molecular flexibility index (Phi) is 12.6. The summed E-state index contributed by atoms with van der Waals surface area (Å²) >= 11 is 25.4. The van der Waals surface area contributed by atoms with Crippen molar-refractivity contribution in [3.63, 3.8) is 0 Å². The Morgan fingerprint density at radius 3 is 2.13 bits per heavy atom. The minimum absolute atomic E-state index is 0.0197. The number of amides is 2. The molecule has 0 fully saturated rings. The number of halogens is 4. The first-order valence-electron chi connectivity index (χ1n) is 14.9. The minimum atomic E-state index is -4.35. The van der Waals surface area contributed by atoms with Crippen LogP contribution in [0.3, 0.4) is 0 Å². The number of hydrogen-bond acceptors (Lipinski definition) is 4. The lowest BCUT2D eigenvalue weighted by Crippen LogP contribution is -2.54. The summed E-state index contributed by atoms with van der Waals surface area (Å²) in [5.74, 6) is -1.03. The largest absolute Gasteiger partial charge is 0.352 e. The molecule has 0 aliphatic rings. The molecule has 2 unspecified atom stereocenters. The number of sulfonamides is 1. The zero-order valence-corrected chi connectivity index (χ0v) is 29.9. The fraction of sp³-hybridized carbons (Fsp3) is 0.257. The predicted octanol–water partition coefficient (Wildman–Crippen LogP) is 8.36. The van der Waals surface area contributed by atoms with Crippen LogP contribution in [-0.4, -0.2) is 43.8 Å². The smallest absolute Gasteiger partial charge is 0.264 e. The lowest BCUT2D eigenvalue weighted by Gasteiger charge is -2.34. The normalized spacial score (nSPS) is 12.7. The van der Waals surface area contributed by atoms with Crippen LogP contribution < -0.4 is 9.62 Å². The zero-order valence-electron chi connectivity index (χ0n) is 26.1. The maximum absolute atomic E-state index is 14.6. The van der Waals surface area contributed by atoms with Gasteiger partial charge in [-0.2, -0.15) is 0 Å². The van der Waals surface area contributed by atoms with Crippen molar-refractivity contribution in [3.8, 4) is 0 Å². The molecule has 0 radical (unpaired) electrons. The summed E-state index contributed by atoms with van der Waals surface area (Å²) in [6, 6.07) is 23.8. The zero-order chi connectivity index (χ0) is 34.3. The number of hydrogen-bond donors (Lipinski definition) is 1. The Labute approximate surface area is 296 Å². The summed E-state index contributed by atoms with van der Waals surface area (Å²) in [7, 11) is -4.35. The van der Waals surface area contributed by atoms with Crippen molar-refractivity contribution in [2.24, 2.45) is 0 Å². The first-order chi connectivity index (χ1) is 22.3. The molecule has 2 amide bonds. The second-order valence-electron chi connectivity index (χ2n) is 11.2. The van der Waals surface area contributed by atoms with E-state index in [0.29, 0.717) is 17.0 Å². The molecule has 4 aromatic carbocycles. The maximum Gasteiger partial charge on any atom is 0.264 e. The van der Waals surface area contributed by atoms with Gasteiger partial charge in [-0.25, -0.2) is 8.42 Å². The molecule has 4 aromatic rings. The van der Waals surface area contributed by atoms with Crippen LogP contribution in [0.2, 0.25) is 20.1 Å². The molecule has 4 rings (SSSR count). The minimum Gasteiger partial charge on any atom is -0.352 e. The Morgan fingerprint density at radius 1 is 0.809 bits per heavy atom. The molecule has 0 aliphatic heterocycles. The van der Waals surface area contributed by atoms with E-state index in [0.717, 1.165) is 15.4 Å². The van der Waals surface area contributed by atoms with Gasteiger partial charge in [-0.3, -0.25) is 13.9 Å². The van der Waals surface area contributed by atoms with Gasteiger partial charge in [0.25, 0.3) is 10.0 Å². The van der Waals surface area contributed by atoms with Crippen molar-refractivity contribution >= 4 is 73.9 Å². The fourth-order valence-corrected chi connectivity index (χ4v) is 7.06. The highest BCUT2D eigenvalue weighted by Gasteiger charge is 2.36. The number of rotatable bonds is 13. The first kappa shape index (κ1) is 36.6. The van der Waals surface area contributed by atoms with E-state index in [1.165, 1.54) is 29.2 Å². The van der Waals surface area contributed by atoms with E-state index in [2.05, 4.69) is 5.32 Å². The Bertz CT molecular complexity index is 1820. The van der Waals surface area contributed by atoms with Crippen LogP contribution in [0.5, 0.6) is 0 Å². The molecule has 0 aliphatic carbocycles. The van der Waals surface area contributed by atoms with Crippen LogP contribution >= 0.6 is 46.4 Å². The Hall–Kier alpha value is -3.27. The van der Waals surface area contributed by atoms with Gasteiger partial charge in [0.05, 0.1) is 30.7 Å².